The molecule has 0 spiro atoms. The first-order valence-electron chi connectivity index (χ1n) is 6.45. The van der Waals surface area contributed by atoms with Crippen molar-refractivity contribution in [3.63, 3.8) is 0 Å². The summed E-state index contributed by atoms with van der Waals surface area (Å²) in [7, 11) is 0. The lowest BCUT2D eigenvalue weighted by atomic mass is 10.1. The highest BCUT2D eigenvalue weighted by Gasteiger charge is 2.19. The zero-order chi connectivity index (χ0) is 12.4. The number of nitrogens with zero attached hydrogens (tertiary/aromatic N) is 2. The number of likely N-dealkylation sites (tertiary alicyclic amines) is 1. The van der Waals surface area contributed by atoms with Crippen LogP contribution in [0.1, 0.15) is 24.3 Å². The second kappa shape index (κ2) is 5.06. The van der Waals surface area contributed by atoms with E-state index in [2.05, 4.69) is 11.1 Å². The topological polar surface area (TPSA) is 33.2 Å². The third-order valence-corrected chi connectivity index (χ3v) is 4.42. The highest BCUT2D eigenvalue weighted by Crippen LogP contribution is 2.23. The second-order valence-electron chi connectivity index (χ2n) is 4.66. The van der Waals surface area contributed by atoms with Gasteiger partial charge in [-0.15, -0.1) is 11.3 Å². The Morgan fingerprint density at radius 3 is 2.89 bits per heavy atom. The first-order valence-corrected chi connectivity index (χ1v) is 7.27. The van der Waals surface area contributed by atoms with Gasteiger partial charge in [0.15, 0.2) is 0 Å². The molecule has 4 heteroatoms. The lowest BCUT2D eigenvalue weighted by Gasteiger charge is -2.30. The minimum Gasteiger partial charge on any atom is -0.343 e. The fourth-order valence-electron chi connectivity index (χ4n) is 2.14. The van der Waals surface area contributed by atoms with Crippen LogP contribution in [-0.4, -0.2) is 28.9 Å². The standard InChI is InChI=1S/C14H16N2OS/c17-14(16-9-4-10-16)8-3-7-13-15-11-5-1-2-6-12(11)18-13/h1-2,5-6H,3-4,7-10H2. The lowest BCUT2D eigenvalue weighted by Crippen LogP contribution is -2.41. The molecule has 1 amide bonds. The van der Waals surface area contributed by atoms with Gasteiger partial charge in [0.1, 0.15) is 0 Å². The molecule has 2 aromatic rings. The van der Waals surface area contributed by atoms with Crippen molar-refractivity contribution in [2.24, 2.45) is 0 Å². The number of carbonyl (C=O) groups excluding carboxylic acids is 1. The van der Waals surface area contributed by atoms with E-state index in [4.69, 9.17) is 0 Å². The number of hydrogen-bond acceptors (Lipinski definition) is 3. The summed E-state index contributed by atoms with van der Waals surface area (Å²) in [6.07, 6.45) is 3.66. The van der Waals surface area contributed by atoms with Crippen molar-refractivity contribution in [2.45, 2.75) is 25.7 Å². The molecule has 3 nitrogen and oxygen atoms in total. The Bertz CT molecular complexity index is 527. The molecule has 1 saturated heterocycles. The van der Waals surface area contributed by atoms with E-state index in [1.54, 1.807) is 11.3 Å². The van der Waals surface area contributed by atoms with Gasteiger partial charge in [-0.2, -0.15) is 0 Å². The molecule has 1 aromatic heterocycles. The SMILES string of the molecule is O=C(CCCc1nc2ccccc2s1)N1CCC1. The molecule has 0 radical (unpaired) electrons. The normalized spacial score (nSPS) is 14.8. The Labute approximate surface area is 110 Å². The molecule has 0 saturated carbocycles. The maximum Gasteiger partial charge on any atom is 0.222 e. The fraction of sp³-hybridized carbons (Fsp3) is 0.429. The van der Waals surface area contributed by atoms with Gasteiger partial charge in [-0.1, -0.05) is 12.1 Å². The van der Waals surface area contributed by atoms with Gasteiger partial charge in [-0.05, 0) is 31.4 Å². The van der Waals surface area contributed by atoms with Gasteiger partial charge >= 0.3 is 0 Å². The molecular formula is C14H16N2OS. The van der Waals surface area contributed by atoms with Crippen LogP contribution < -0.4 is 0 Å². The van der Waals surface area contributed by atoms with E-state index in [0.29, 0.717) is 12.3 Å². The fourth-order valence-corrected chi connectivity index (χ4v) is 3.15. The molecule has 1 aliphatic heterocycles. The molecule has 0 aliphatic carbocycles. The molecule has 2 heterocycles. The predicted molar refractivity (Wildman–Crippen MR) is 73.8 cm³/mol. The summed E-state index contributed by atoms with van der Waals surface area (Å²) >= 11 is 1.74. The molecule has 0 atom stereocenters. The third-order valence-electron chi connectivity index (χ3n) is 3.33. The molecular weight excluding hydrogens is 244 g/mol. The van der Waals surface area contributed by atoms with Crippen LogP contribution >= 0.6 is 11.3 Å². The number of aromatic nitrogens is 1. The number of carbonyl (C=O) groups is 1. The van der Waals surface area contributed by atoms with Crippen molar-refractivity contribution in [2.75, 3.05) is 13.1 Å². The number of aryl methyl sites for hydroxylation is 1. The van der Waals surface area contributed by atoms with Crippen LogP contribution in [0.5, 0.6) is 0 Å². The minimum atomic E-state index is 0.308. The Hall–Kier alpha value is -1.42. The summed E-state index contributed by atoms with van der Waals surface area (Å²) in [5.74, 6) is 0.308. The molecule has 1 aromatic carbocycles. The summed E-state index contributed by atoms with van der Waals surface area (Å²) in [5, 5.41) is 1.15. The summed E-state index contributed by atoms with van der Waals surface area (Å²) < 4.78 is 1.24. The average molecular weight is 260 g/mol. The Balaban J connectivity index is 1.54. The summed E-state index contributed by atoms with van der Waals surface area (Å²) in [6.45, 7) is 1.92. The van der Waals surface area contributed by atoms with Crippen LogP contribution in [0.4, 0.5) is 0 Å². The van der Waals surface area contributed by atoms with Gasteiger partial charge in [0.2, 0.25) is 5.91 Å². The molecule has 1 fully saturated rings. The first kappa shape index (κ1) is 11.7. The Morgan fingerprint density at radius 2 is 2.17 bits per heavy atom. The number of benzene rings is 1. The highest BCUT2D eigenvalue weighted by atomic mass is 32.1. The molecule has 94 valence electrons. The van der Waals surface area contributed by atoms with E-state index in [0.717, 1.165) is 36.5 Å². The molecule has 1 aliphatic rings. The average Bonchev–Trinajstić information content (AvgIpc) is 2.69. The van der Waals surface area contributed by atoms with Crippen LogP contribution in [0.2, 0.25) is 0 Å². The van der Waals surface area contributed by atoms with Gasteiger partial charge in [0.05, 0.1) is 15.2 Å². The van der Waals surface area contributed by atoms with Gasteiger partial charge in [0.25, 0.3) is 0 Å². The van der Waals surface area contributed by atoms with Gasteiger partial charge in [-0.25, -0.2) is 4.98 Å². The summed E-state index contributed by atoms with van der Waals surface area (Å²) in [6, 6.07) is 8.19. The molecule has 18 heavy (non-hydrogen) atoms. The van der Waals surface area contributed by atoms with Gasteiger partial charge in [0, 0.05) is 19.5 Å². The third kappa shape index (κ3) is 2.38. The number of hydrogen-bond donors (Lipinski definition) is 0. The van der Waals surface area contributed by atoms with Crippen LogP contribution in [0.25, 0.3) is 10.2 Å². The zero-order valence-electron chi connectivity index (χ0n) is 10.3. The molecule has 0 unspecified atom stereocenters. The molecule has 0 N–H and O–H groups in total. The first-order chi connectivity index (χ1) is 8.83. The van der Waals surface area contributed by atoms with Crippen molar-refractivity contribution in [3.05, 3.63) is 29.3 Å². The number of fused-ring (bicyclic) bond motifs is 1. The second-order valence-corrected chi connectivity index (χ2v) is 5.78. The number of para-hydroxylation sites is 1. The van der Waals surface area contributed by atoms with Crippen molar-refractivity contribution < 1.29 is 4.79 Å². The van der Waals surface area contributed by atoms with E-state index in [1.807, 2.05) is 23.1 Å². The number of thiazole rings is 1. The van der Waals surface area contributed by atoms with Crippen molar-refractivity contribution >= 4 is 27.5 Å². The van der Waals surface area contributed by atoms with Gasteiger partial charge in [-0.3, -0.25) is 4.79 Å². The smallest absolute Gasteiger partial charge is 0.222 e. The summed E-state index contributed by atoms with van der Waals surface area (Å²) in [5.41, 5.74) is 1.08. The van der Waals surface area contributed by atoms with E-state index in [9.17, 15) is 4.79 Å². The van der Waals surface area contributed by atoms with Crippen LogP contribution in [0.15, 0.2) is 24.3 Å². The van der Waals surface area contributed by atoms with Crippen LogP contribution in [0.3, 0.4) is 0 Å². The van der Waals surface area contributed by atoms with E-state index >= 15 is 0 Å². The maximum absolute atomic E-state index is 11.7. The number of amides is 1. The Kier molecular flexibility index (Phi) is 3.28. The molecule has 0 bridgehead atoms. The van der Waals surface area contributed by atoms with Crippen LogP contribution in [0, 0.1) is 0 Å². The van der Waals surface area contributed by atoms with Crippen molar-refractivity contribution in [1.82, 2.24) is 9.88 Å². The largest absolute Gasteiger partial charge is 0.343 e. The highest BCUT2D eigenvalue weighted by molar-refractivity contribution is 7.18. The van der Waals surface area contributed by atoms with E-state index in [-0.39, 0.29) is 0 Å². The van der Waals surface area contributed by atoms with Gasteiger partial charge < -0.3 is 4.90 Å². The number of rotatable bonds is 4. The lowest BCUT2D eigenvalue weighted by molar-refractivity contribution is -0.134. The maximum atomic E-state index is 11.7. The van der Waals surface area contributed by atoms with Crippen molar-refractivity contribution in [1.29, 1.82) is 0 Å². The van der Waals surface area contributed by atoms with Crippen LogP contribution in [-0.2, 0) is 11.2 Å². The molecule has 3 rings (SSSR count). The Morgan fingerprint density at radius 1 is 1.33 bits per heavy atom. The van der Waals surface area contributed by atoms with E-state index in [1.165, 1.54) is 11.1 Å². The quantitative estimate of drug-likeness (QED) is 0.847. The summed E-state index contributed by atoms with van der Waals surface area (Å²) in [4.78, 5) is 18.2. The predicted octanol–water partition coefficient (Wildman–Crippen LogP) is 2.85. The monoisotopic (exact) mass is 260 g/mol. The van der Waals surface area contributed by atoms with E-state index < -0.39 is 0 Å². The zero-order valence-corrected chi connectivity index (χ0v) is 11.1. The minimum absolute atomic E-state index is 0.308. The van der Waals surface area contributed by atoms with Crippen molar-refractivity contribution in [3.8, 4) is 0 Å².